The average molecular weight is 275 g/mol. The Bertz CT molecular complexity index is 526. The first-order valence-electron chi connectivity index (χ1n) is 6.94. The van der Waals surface area contributed by atoms with E-state index < -0.39 is 11.6 Å². The first kappa shape index (κ1) is 14.7. The van der Waals surface area contributed by atoms with E-state index in [2.05, 4.69) is 29.6 Å². The molecule has 2 aromatic carbocycles. The molecular formula is C17H19F2N. The normalized spacial score (nSPS) is 10.7. The Morgan fingerprint density at radius 2 is 1.60 bits per heavy atom. The number of halogens is 2. The summed E-state index contributed by atoms with van der Waals surface area (Å²) in [5, 5.41) is 3.25. The number of unbranched alkanes of at least 4 members (excludes halogenated alkanes) is 1. The Morgan fingerprint density at radius 1 is 0.800 bits per heavy atom. The highest BCUT2D eigenvalue weighted by Gasteiger charge is 2.01. The smallest absolute Gasteiger partial charge is 0.159 e. The number of nitrogens with one attached hydrogen (secondary N) is 1. The van der Waals surface area contributed by atoms with Crippen molar-refractivity contribution in [2.75, 3.05) is 6.54 Å². The molecule has 1 N–H and O–H groups in total. The zero-order valence-corrected chi connectivity index (χ0v) is 11.4. The van der Waals surface area contributed by atoms with Crippen molar-refractivity contribution in [3.8, 4) is 0 Å². The summed E-state index contributed by atoms with van der Waals surface area (Å²) in [5.74, 6) is -1.58. The molecule has 0 amide bonds. The monoisotopic (exact) mass is 275 g/mol. The van der Waals surface area contributed by atoms with E-state index in [9.17, 15) is 8.78 Å². The fraction of sp³-hybridized carbons (Fsp3) is 0.294. The molecule has 0 spiro atoms. The number of rotatable bonds is 7. The van der Waals surface area contributed by atoms with Crippen LogP contribution in [0.4, 0.5) is 8.78 Å². The van der Waals surface area contributed by atoms with Crippen molar-refractivity contribution in [3.63, 3.8) is 0 Å². The van der Waals surface area contributed by atoms with Crippen LogP contribution in [0.25, 0.3) is 0 Å². The maximum absolute atomic E-state index is 13.0. The van der Waals surface area contributed by atoms with Crippen molar-refractivity contribution in [3.05, 3.63) is 71.3 Å². The summed E-state index contributed by atoms with van der Waals surface area (Å²) < 4.78 is 25.7. The van der Waals surface area contributed by atoms with Gasteiger partial charge in [-0.1, -0.05) is 36.4 Å². The Balaban J connectivity index is 1.61. The topological polar surface area (TPSA) is 12.0 Å². The highest BCUT2D eigenvalue weighted by atomic mass is 19.2. The lowest BCUT2D eigenvalue weighted by atomic mass is 10.1. The van der Waals surface area contributed by atoms with Crippen LogP contribution in [0.1, 0.15) is 24.0 Å². The summed E-state index contributed by atoms with van der Waals surface area (Å²) in [4.78, 5) is 0. The van der Waals surface area contributed by atoms with Gasteiger partial charge < -0.3 is 5.32 Å². The van der Waals surface area contributed by atoms with Crippen LogP contribution in [0, 0.1) is 11.6 Å². The molecule has 2 aromatic rings. The van der Waals surface area contributed by atoms with Crippen molar-refractivity contribution in [1.29, 1.82) is 0 Å². The van der Waals surface area contributed by atoms with Crippen LogP contribution in [0.3, 0.4) is 0 Å². The molecule has 0 unspecified atom stereocenters. The third-order valence-corrected chi connectivity index (χ3v) is 3.22. The van der Waals surface area contributed by atoms with Gasteiger partial charge in [-0.3, -0.25) is 0 Å². The number of aryl methyl sites for hydroxylation is 1. The molecule has 0 aromatic heterocycles. The minimum absolute atomic E-state index is 0.572. The molecule has 0 saturated heterocycles. The summed E-state index contributed by atoms with van der Waals surface area (Å²) in [5.41, 5.74) is 2.13. The van der Waals surface area contributed by atoms with E-state index in [1.807, 2.05) is 6.07 Å². The van der Waals surface area contributed by atoms with E-state index in [0.717, 1.165) is 31.4 Å². The third kappa shape index (κ3) is 4.74. The van der Waals surface area contributed by atoms with E-state index in [1.165, 1.54) is 17.7 Å². The summed E-state index contributed by atoms with van der Waals surface area (Å²) in [6, 6.07) is 14.4. The molecule has 0 atom stereocenters. The summed E-state index contributed by atoms with van der Waals surface area (Å²) >= 11 is 0. The quantitative estimate of drug-likeness (QED) is 0.751. The lowest BCUT2D eigenvalue weighted by molar-refractivity contribution is 0.505. The first-order valence-corrected chi connectivity index (χ1v) is 6.94. The lowest BCUT2D eigenvalue weighted by Gasteiger charge is -2.06. The van der Waals surface area contributed by atoms with Gasteiger partial charge in [0.25, 0.3) is 0 Å². The van der Waals surface area contributed by atoms with Gasteiger partial charge >= 0.3 is 0 Å². The maximum Gasteiger partial charge on any atom is 0.159 e. The Labute approximate surface area is 118 Å². The predicted molar refractivity (Wildman–Crippen MR) is 77.4 cm³/mol. The number of hydrogen-bond donors (Lipinski definition) is 1. The van der Waals surface area contributed by atoms with Crippen molar-refractivity contribution < 1.29 is 8.78 Å². The van der Waals surface area contributed by atoms with Gasteiger partial charge in [0, 0.05) is 6.54 Å². The van der Waals surface area contributed by atoms with Crippen LogP contribution in [0.15, 0.2) is 48.5 Å². The molecule has 0 radical (unpaired) electrons. The van der Waals surface area contributed by atoms with Crippen LogP contribution in [0.2, 0.25) is 0 Å². The Morgan fingerprint density at radius 3 is 2.35 bits per heavy atom. The van der Waals surface area contributed by atoms with Crippen molar-refractivity contribution in [2.24, 2.45) is 0 Å². The molecule has 0 saturated carbocycles. The van der Waals surface area contributed by atoms with Crippen LogP contribution in [-0.2, 0) is 13.0 Å². The van der Waals surface area contributed by atoms with Gasteiger partial charge in [-0.25, -0.2) is 8.78 Å². The predicted octanol–water partition coefficient (Wildman–Crippen LogP) is 4.08. The fourth-order valence-electron chi connectivity index (χ4n) is 2.11. The van der Waals surface area contributed by atoms with Gasteiger partial charge in [0.05, 0.1) is 0 Å². The highest BCUT2D eigenvalue weighted by molar-refractivity contribution is 5.17. The Hall–Kier alpha value is -1.74. The van der Waals surface area contributed by atoms with Gasteiger partial charge in [-0.05, 0) is 49.1 Å². The Kier molecular flexibility index (Phi) is 5.69. The molecule has 3 heteroatoms. The second-order valence-electron chi connectivity index (χ2n) is 4.87. The molecule has 0 fully saturated rings. The number of hydrogen-bond acceptors (Lipinski definition) is 1. The summed E-state index contributed by atoms with van der Waals surface area (Å²) in [6.45, 7) is 1.45. The molecule has 0 heterocycles. The molecule has 2 rings (SSSR count). The molecule has 0 bridgehead atoms. The molecular weight excluding hydrogens is 256 g/mol. The van der Waals surface area contributed by atoms with Crippen molar-refractivity contribution in [1.82, 2.24) is 5.32 Å². The largest absolute Gasteiger partial charge is 0.313 e. The lowest BCUT2D eigenvalue weighted by Crippen LogP contribution is -2.15. The third-order valence-electron chi connectivity index (χ3n) is 3.22. The van der Waals surface area contributed by atoms with E-state index in [1.54, 1.807) is 6.07 Å². The minimum atomic E-state index is -0.795. The van der Waals surface area contributed by atoms with E-state index >= 15 is 0 Å². The second-order valence-corrected chi connectivity index (χ2v) is 4.87. The first-order chi connectivity index (χ1) is 9.75. The van der Waals surface area contributed by atoms with Crippen LogP contribution < -0.4 is 5.32 Å². The molecule has 106 valence electrons. The van der Waals surface area contributed by atoms with Gasteiger partial charge in [0.2, 0.25) is 0 Å². The minimum Gasteiger partial charge on any atom is -0.313 e. The van der Waals surface area contributed by atoms with Gasteiger partial charge in [0.15, 0.2) is 11.6 Å². The average Bonchev–Trinajstić information content (AvgIpc) is 2.47. The molecule has 0 aliphatic carbocycles. The van der Waals surface area contributed by atoms with Crippen molar-refractivity contribution in [2.45, 2.75) is 25.8 Å². The van der Waals surface area contributed by atoms with Crippen molar-refractivity contribution >= 4 is 0 Å². The van der Waals surface area contributed by atoms with Crippen LogP contribution >= 0.6 is 0 Å². The van der Waals surface area contributed by atoms with E-state index in [0.29, 0.717) is 6.54 Å². The molecule has 0 aliphatic rings. The molecule has 0 aliphatic heterocycles. The molecule has 1 nitrogen and oxygen atoms in total. The van der Waals surface area contributed by atoms with E-state index in [4.69, 9.17) is 0 Å². The highest BCUT2D eigenvalue weighted by Crippen LogP contribution is 2.08. The van der Waals surface area contributed by atoms with Gasteiger partial charge in [-0.15, -0.1) is 0 Å². The maximum atomic E-state index is 13.0. The molecule has 20 heavy (non-hydrogen) atoms. The van der Waals surface area contributed by atoms with Gasteiger partial charge in [-0.2, -0.15) is 0 Å². The van der Waals surface area contributed by atoms with Crippen LogP contribution in [0.5, 0.6) is 0 Å². The van der Waals surface area contributed by atoms with Crippen LogP contribution in [-0.4, -0.2) is 6.54 Å². The standard InChI is InChI=1S/C17H19F2N/c18-16-10-9-15(12-17(16)19)13-20-11-5-4-8-14-6-2-1-3-7-14/h1-3,6-7,9-10,12,20H,4-5,8,11,13H2. The summed E-state index contributed by atoms with van der Waals surface area (Å²) in [7, 11) is 0. The summed E-state index contributed by atoms with van der Waals surface area (Å²) in [6.07, 6.45) is 3.26. The number of benzene rings is 2. The van der Waals surface area contributed by atoms with E-state index in [-0.39, 0.29) is 0 Å². The van der Waals surface area contributed by atoms with Gasteiger partial charge in [0.1, 0.15) is 0 Å². The SMILES string of the molecule is Fc1ccc(CNCCCCc2ccccc2)cc1F. The zero-order valence-electron chi connectivity index (χ0n) is 11.4. The zero-order chi connectivity index (χ0) is 14.2. The second kappa shape index (κ2) is 7.75. The fourth-order valence-corrected chi connectivity index (χ4v) is 2.11.